The van der Waals surface area contributed by atoms with Crippen molar-refractivity contribution in [2.24, 2.45) is 0 Å². The molecule has 6 atom stereocenters. The molecule has 6 nitrogen and oxygen atoms in total. The summed E-state index contributed by atoms with van der Waals surface area (Å²) in [6.45, 7) is 0. The van der Waals surface area contributed by atoms with Gasteiger partial charge < -0.3 is 28.4 Å². The number of methoxy groups -OCH3 is 6. The van der Waals surface area contributed by atoms with E-state index in [0.29, 0.717) is 35.5 Å². The van der Waals surface area contributed by atoms with E-state index in [0.717, 1.165) is 53.8 Å². The zero-order valence-electron chi connectivity index (χ0n) is 26.5. The van der Waals surface area contributed by atoms with Gasteiger partial charge in [-0.05, 0) is 122 Å². The minimum absolute atomic E-state index is 0.366. The molecule has 6 bridgehead atoms. The Kier molecular flexibility index (Phi) is 5.01. The van der Waals surface area contributed by atoms with Gasteiger partial charge in [0.15, 0.2) is 34.5 Å². The average Bonchev–Trinajstić information content (AvgIpc) is 3.93. The van der Waals surface area contributed by atoms with Crippen molar-refractivity contribution in [2.45, 2.75) is 54.8 Å². The quantitative estimate of drug-likeness (QED) is 0.226. The third-order valence-electron chi connectivity index (χ3n) is 12.3. The van der Waals surface area contributed by atoms with E-state index in [4.69, 9.17) is 28.4 Å². The SMILES string of the molecule is COc1cc2c(cc1OC)[C@@H]1C[C@H]2c2c3c(c4c(c21)[C@@H]1C[C@H]4c2cc(OC)c(OC)cc21)[C@H]1C[C@@H]3c2cc(OC)c(OC)cc21. The van der Waals surface area contributed by atoms with Crippen molar-refractivity contribution in [1.29, 1.82) is 0 Å². The van der Waals surface area contributed by atoms with Crippen molar-refractivity contribution in [3.05, 3.63) is 103 Å². The summed E-state index contributed by atoms with van der Waals surface area (Å²) in [6.07, 6.45) is 3.36. The van der Waals surface area contributed by atoms with Gasteiger partial charge in [0.25, 0.3) is 0 Å². The van der Waals surface area contributed by atoms with Gasteiger partial charge in [0.05, 0.1) is 42.7 Å². The molecule has 6 aliphatic rings. The molecule has 45 heavy (non-hydrogen) atoms. The fourth-order valence-electron chi connectivity index (χ4n) is 10.8. The smallest absolute Gasteiger partial charge is 0.161 e. The summed E-state index contributed by atoms with van der Waals surface area (Å²) >= 11 is 0. The summed E-state index contributed by atoms with van der Waals surface area (Å²) in [5.41, 5.74) is 18.1. The summed E-state index contributed by atoms with van der Waals surface area (Å²) in [7, 11) is 10.4. The van der Waals surface area contributed by atoms with E-state index >= 15 is 0 Å². The molecule has 0 fully saturated rings. The summed E-state index contributed by atoms with van der Waals surface area (Å²) in [5.74, 6) is 7.12. The average molecular weight is 601 g/mol. The number of hydrogen-bond acceptors (Lipinski definition) is 6. The van der Waals surface area contributed by atoms with Gasteiger partial charge in [-0.3, -0.25) is 0 Å². The maximum absolute atomic E-state index is 5.81. The van der Waals surface area contributed by atoms with Crippen LogP contribution in [0.2, 0.25) is 0 Å². The lowest BCUT2D eigenvalue weighted by molar-refractivity contribution is 0.354. The highest BCUT2D eigenvalue weighted by molar-refractivity contribution is 5.79. The summed E-state index contributed by atoms with van der Waals surface area (Å²) < 4.78 is 34.9. The van der Waals surface area contributed by atoms with Crippen LogP contribution in [0.5, 0.6) is 34.5 Å². The van der Waals surface area contributed by atoms with Gasteiger partial charge in [-0.2, -0.15) is 0 Å². The Labute approximate surface area is 263 Å². The molecule has 0 aromatic heterocycles. The minimum Gasteiger partial charge on any atom is -0.493 e. The molecule has 4 aromatic carbocycles. The van der Waals surface area contributed by atoms with Crippen LogP contribution in [0.25, 0.3) is 0 Å². The first-order valence-electron chi connectivity index (χ1n) is 16.1. The molecule has 0 saturated carbocycles. The third-order valence-corrected chi connectivity index (χ3v) is 12.3. The Bertz CT molecular complexity index is 1620. The highest BCUT2D eigenvalue weighted by Gasteiger charge is 2.57. The van der Waals surface area contributed by atoms with E-state index < -0.39 is 0 Å². The predicted octanol–water partition coefficient (Wildman–Crippen LogP) is 7.68. The predicted molar refractivity (Wildman–Crippen MR) is 170 cm³/mol. The Morgan fingerprint density at radius 1 is 0.311 bits per heavy atom. The third kappa shape index (κ3) is 2.89. The van der Waals surface area contributed by atoms with E-state index in [1.54, 1.807) is 76.0 Å². The second-order valence-corrected chi connectivity index (χ2v) is 13.5. The van der Waals surface area contributed by atoms with Crippen LogP contribution >= 0.6 is 0 Å². The second kappa shape index (κ2) is 8.68. The van der Waals surface area contributed by atoms with Gasteiger partial charge in [0.1, 0.15) is 0 Å². The van der Waals surface area contributed by atoms with E-state index in [2.05, 4.69) is 36.4 Å². The molecule has 0 heterocycles. The van der Waals surface area contributed by atoms with Crippen LogP contribution in [0.4, 0.5) is 0 Å². The lowest BCUT2D eigenvalue weighted by Crippen LogP contribution is -2.19. The normalized spacial score (nSPS) is 25.7. The van der Waals surface area contributed by atoms with Gasteiger partial charge in [0, 0.05) is 35.5 Å². The Morgan fingerprint density at radius 3 is 0.600 bits per heavy atom. The fourth-order valence-corrected chi connectivity index (χ4v) is 10.8. The van der Waals surface area contributed by atoms with Crippen molar-refractivity contribution in [3.63, 3.8) is 0 Å². The van der Waals surface area contributed by atoms with E-state index in [1.165, 1.54) is 33.4 Å². The Hall–Kier alpha value is -4.32. The molecular formula is C39H36O6. The molecule has 0 N–H and O–H groups in total. The van der Waals surface area contributed by atoms with Crippen molar-refractivity contribution in [3.8, 4) is 34.5 Å². The van der Waals surface area contributed by atoms with Crippen LogP contribution in [0.1, 0.15) is 122 Å². The summed E-state index contributed by atoms with van der Waals surface area (Å²) in [5, 5.41) is 0. The zero-order chi connectivity index (χ0) is 30.5. The van der Waals surface area contributed by atoms with Gasteiger partial charge in [-0.15, -0.1) is 0 Å². The molecule has 6 heteroatoms. The van der Waals surface area contributed by atoms with Crippen molar-refractivity contribution >= 4 is 0 Å². The fraction of sp³-hybridized carbons (Fsp3) is 0.385. The Balaban J connectivity index is 1.25. The van der Waals surface area contributed by atoms with Gasteiger partial charge in [-0.25, -0.2) is 0 Å². The molecule has 228 valence electrons. The van der Waals surface area contributed by atoms with Gasteiger partial charge in [0.2, 0.25) is 0 Å². The molecule has 10 rings (SSSR count). The van der Waals surface area contributed by atoms with Crippen LogP contribution in [0, 0.1) is 0 Å². The Morgan fingerprint density at radius 2 is 0.467 bits per heavy atom. The first kappa shape index (κ1) is 26.0. The number of rotatable bonds is 6. The van der Waals surface area contributed by atoms with Crippen LogP contribution in [0.15, 0.2) is 36.4 Å². The molecular weight excluding hydrogens is 564 g/mol. The second-order valence-electron chi connectivity index (χ2n) is 13.5. The molecule has 6 aliphatic carbocycles. The first-order valence-corrected chi connectivity index (χ1v) is 16.1. The molecule has 0 amide bonds. The van der Waals surface area contributed by atoms with Crippen LogP contribution < -0.4 is 28.4 Å². The van der Waals surface area contributed by atoms with Crippen molar-refractivity contribution in [1.82, 2.24) is 0 Å². The molecule has 0 radical (unpaired) electrons. The molecule has 0 aliphatic heterocycles. The highest BCUT2D eigenvalue weighted by atomic mass is 16.5. The van der Waals surface area contributed by atoms with Gasteiger partial charge in [-0.1, -0.05) is 0 Å². The molecule has 0 spiro atoms. The topological polar surface area (TPSA) is 55.4 Å². The van der Waals surface area contributed by atoms with Crippen molar-refractivity contribution in [2.75, 3.05) is 42.7 Å². The maximum atomic E-state index is 5.81. The van der Waals surface area contributed by atoms with Crippen LogP contribution in [0.3, 0.4) is 0 Å². The monoisotopic (exact) mass is 600 g/mol. The molecule has 0 saturated heterocycles. The number of hydrogen-bond donors (Lipinski definition) is 0. The highest BCUT2D eigenvalue weighted by Crippen LogP contribution is 2.72. The van der Waals surface area contributed by atoms with E-state index in [-0.39, 0.29) is 0 Å². The summed E-state index contributed by atoms with van der Waals surface area (Å²) in [4.78, 5) is 0. The van der Waals surface area contributed by atoms with Gasteiger partial charge >= 0.3 is 0 Å². The first-order chi connectivity index (χ1) is 22.0. The largest absolute Gasteiger partial charge is 0.493 e. The van der Waals surface area contributed by atoms with Crippen molar-refractivity contribution < 1.29 is 28.4 Å². The minimum atomic E-state index is 0.366. The summed E-state index contributed by atoms with van der Waals surface area (Å²) in [6, 6.07) is 13.6. The van der Waals surface area contributed by atoms with Crippen LogP contribution in [-0.2, 0) is 0 Å². The van der Waals surface area contributed by atoms with E-state index in [1.807, 2.05) is 0 Å². The maximum Gasteiger partial charge on any atom is 0.161 e. The lowest BCUT2D eigenvalue weighted by Gasteiger charge is -2.35. The molecule has 4 aromatic rings. The van der Waals surface area contributed by atoms with Crippen LogP contribution in [-0.4, -0.2) is 42.7 Å². The number of ether oxygens (including phenoxy) is 6. The number of benzene rings is 4. The lowest BCUT2D eigenvalue weighted by atomic mass is 9.69. The number of fused-ring (bicyclic) bond motifs is 27. The molecule has 0 unspecified atom stereocenters. The van der Waals surface area contributed by atoms with E-state index in [9.17, 15) is 0 Å². The standard InChI is InChI=1S/C39H36O6/c1-40-28-10-16-17(11-29(28)41-2)23-7-22(16)34-35(23)37-25-9-27(21-15-33(45-6)32(44-5)14-20(21)25)39(37)38-26-8-24(36(34)38)18-12-30(42-3)31(43-4)13-19(18)26/h10-15,22-27H,7-9H2,1-6H3/t22-,23+,24-,25-,26+,27+. The zero-order valence-corrected chi connectivity index (χ0v) is 26.5.